The molecule has 0 aliphatic heterocycles. The number of anilines is 1. The molecule has 1 rings (SSSR count). The molecule has 0 saturated heterocycles. The maximum absolute atomic E-state index is 12.8. The Labute approximate surface area is 99.2 Å². The van der Waals surface area contributed by atoms with Crippen LogP contribution < -0.4 is 10.6 Å². The van der Waals surface area contributed by atoms with Gasteiger partial charge in [0, 0.05) is 25.3 Å². The molecule has 0 saturated carbocycles. The van der Waals surface area contributed by atoms with E-state index >= 15 is 0 Å². The third kappa shape index (κ3) is 3.12. The highest BCUT2D eigenvalue weighted by Crippen LogP contribution is 2.34. The second-order valence-electron chi connectivity index (χ2n) is 4.25. The van der Waals surface area contributed by atoms with Crippen LogP contribution in [0.25, 0.3) is 0 Å². The van der Waals surface area contributed by atoms with E-state index in [0.717, 1.165) is 6.07 Å². The first kappa shape index (κ1) is 13.8. The van der Waals surface area contributed by atoms with Crippen molar-refractivity contribution in [2.24, 2.45) is 5.73 Å². The van der Waals surface area contributed by atoms with Crippen LogP contribution in [0.1, 0.15) is 25.0 Å². The molecule has 1 aromatic rings. The molecule has 0 aromatic heterocycles. The van der Waals surface area contributed by atoms with Gasteiger partial charge in [0.15, 0.2) is 0 Å². The molecule has 2 N–H and O–H groups in total. The highest BCUT2D eigenvalue weighted by atomic mass is 19.4. The van der Waals surface area contributed by atoms with Gasteiger partial charge in [0.25, 0.3) is 0 Å². The van der Waals surface area contributed by atoms with Crippen LogP contribution in [-0.4, -0.2) is 13.1 Å². The van der Waals surface area contributed by atoms with Crippen LogP contribution in [0.4, 0.5) is 18.9 Å². The lowest BCUT2D eigenvalue weighted by atomic mass is 10.1. The first-order chi connectivity index (χ1) is 7.77. The predicted octanol–water partition coefficient (Wildman–Crippen LogP) is 3.01. The van der Waals surface area contributed by atoms with Gasteiger partial charge < -0.3 is 10.6 Å². The van der Waals surface area contributed by atoms with Crippen LogP contribution in [0, 0.1) is 0 Å². The molecule has 2 nitrogen and oxygen atoms in total. The lowest BCUT2D eigenvalue weighted by Crippen LogP contribution is -2.26. The fraction of sp³-hybridized carbons (Fsp3) is 0.500. The summed E-state index contributed by atoms with van der Waals surface area (Å²) in [7, 11) is 1.77. The second-order valence-corrected chi connectivity index (χ2v) is 4.25. The molecular formula is C12H17F3N2. The van der Waals surface area contributed by atoms with E-state index in [1.807, 2.05) is 13.8 Å². The van der Waals surface area contributed by atoms with Crippen molar-refractivity contribution in [3.8, 4) is 0 Å². The molecule has 0 fully saturated rings. The molecule has 0 heterocycles. The van der Waals surface area contributed by atoms with Gasteiger partial charge in [-0.2, -0.15) is 13.2 Å². The predicted molar refractivity (Wildman–Crippen MR) is 62.9 cm³/mol. The highest BCUT2D eigenvalue weighted by molar-refractivity contribution is 5.52. The molecule has 0 aliphatic carbocycles. The fourth-order valence-corrected chi connectivity index (χ4v) is 1.52. The van der Waals surface area contributed by atoms with Crippen molar-refractivity contribution in [1.82, 2.24) is 0 Å². The lowest BCUT2D eigenvalue weighted by Gasteiger charge is -2.25. The summed E-state index contributed by atoms with van der Waals surface area (Å²) in [4.78, 5) is 1.79. The Hall–Kier alpha value is -1.23. The lowest BCUT2D eigenvalue weighted by molar-refractivity contribution is -0.138. The number of halogens is 3. The number of hydrogen-bond donors (Lipinski definition) is 1. The van der Waals surface area contributed by atoms with E-state index in [9.17, 15) is 13.2 Å². The zero-order chi connectivity index (χ0) is 13.2. The van der Waals surface area contributed by atoms with Crippen LogP contribution in [0.3, 0.4) is 0 Å². The third-order valence-electron chi connectivity index (χ3n) is 2.80. The Balaban J connectivity index is 3.23. The van der Waals surface area contributed by atoms with E-state index in [1.54, 1.807) is 18.0 Å². The molecule has 5 heteroatoms. The Morgan fingerprint density at radius 3 is 2.29 bits per heavy atom. The smallest absolute Gasteiger partial charge is 0.372 e. The van der Waals surface area contributed by atoms with E-state index < -0.39 is 11.7 Å². The zero-order valence-electron chi connectivity index (χ0n) is 10.2. The maximum Gasteiger partial charge on any atom is 0.416 e. The van der Waals surface area contributed by atoms with Crippen molar-refractivity contribution in [2.75, 3.05) is 11.9 Å². The molecule has 96 valence electrons. The molecule has 1 aromatic carbocycles. The third-order valence-corrected chi connectivity index (χ3v) is 2.80. The molecule has 17 heavy (non-hydrogen) atoms. The van der Waals surface area contributed by atoms with Gasteiger partial charge in [-0.3, -0.25) is 0 Å². The van der Waals surface area contributed by atoms with Crippen molar-refractivity contribution in [2.45, 2.75) is 32.6 Å². The average molecular weight is 246 g/mol. The molecule has 0 aliphatic rings. The SMILES string of the molecule is CC(C)N(C)c1ccc(CN)c(C(F)(F)F)c1. The molecule has 0 atom stereocenters. The number of nitrogens with zero attached hydrogens (tertiary/aromatic N) is 1. The summed E-state index contributed by atoms with van der Waals surface area (Å²) in [5, 5.41) is 0. The van der Waals surface area contributed by atoms with Gasteiger partial charge in [0.1, 0.15) is 0 Å². The zero-order valence-corrected chi connectivity index (χ0v) is 10.2. The summed E-state index contributed by atoms with van der Waals surface area (Å²) in [6.45, 7) is 3.73. The largest absolute Gasteiger partial charge is 0.416 e. The fourth-order valence-electron chi connectivity index (χ4n) is 1.52. The van der Waals surface area contributed by atoms with Crippen LogP contribution in [0.2, 0.25) is 0 Å². The van der Waals surface area contributed by atoms with Crippen LogP contribution in [-0.2, 0) is 12.7 Å². The van der Waals surface area contributed by atoms with Crippen molar-refractivity contribution in [1.29, 1.82) is 0 Å². The van der Waals surface area contributed by atoms with E-state index in [-0.39, 0.29) is 18.2 Å². The first-order valence-corrected chi connectivity index (χ1v) is 5.40. The second kappa shape index (κ2) is 4.96. The van der Waals surface area contributed by atoms with Crippen LogP contribution in [0.5, 0.6) is 0 Å². The minimum Gasteiger partial charge on any atom is -0.372 e. The number of benzene rings is 1. The van der Waals surface area contributed by atoms with Crippen molar-refractivity contribution in [3.05, 3.63) is 29.3 Å². The first-order valence-electron chi connectivity index (χ1n) is 5.40. The van der Waals surface area contributed by atoms with Gasteiger partial charge >= 0.3 is 6.18 Å². The van der Waals surface area contributed by atoms with Gasteiger partial charge in [0.2, 0.25) is 0 Å². The normalized spacial score (nSPS) is 12.0. The standard InChI is InChI=1S/C12H17F3N2/c1-8(2)17(3)10-5-4-9(7-16)11(6-10)12(13,14)15/h4-6,8H,7,16H2,1-3H3. The quantitative estimate of drug-likeness (QED) is 0.888. The van der Waals surface area contributed by atoms with E-state index in [4.69, 9.17) is 5.73 Å². The molecular weight excluding hydrogens is 229 g/mol. The number of rotatable bonds is 3. The van der Waals surface area contributed by atoms with E-state index in [0.29, 0.717) is 5.69 Å². The van der Waals surface area contributed by atoms with Crippen molar-refractivity contribution < 1.29 is 13.2 Å². The summed E-state index contributed by atoms with van der Waals surface area (Å²) in [6, 6.07) is 4.40. The summed E-state index contributed by atoms with van der Waals surface area (Å²) in [6.07, 6.45) is -4.36. The van der Waals surface area contributed by atoms with Crippen LogP contribution >= 0.6 is 0 Å². The maximum atomic E-state index is 12.8. The molecule has 0 unspecified atom stereocenters. The average Bonchev–Trinajstić information content (AvgIpc) is 2.25. The summed E-state index contributed by atoms with van der Waals surface area (Å²) in [5.41, 5.74) is 5.34. The Morgan fingerprint density at radius 1 is 1.29 bits per heavy atom. The van der Waals surface area contributed by atoms with Crippen molar-refractivity contribution >= 4 is 5.69 Å². The van der Waals surface area contributed by atoms with Gasteiger partial charge in [-0.1, -0.05) is 6.07 Å². The van der Waals surface area contributed by atoms with Gasteiger partial charge in [-0.25, -0.2) is 0 Å². The summed E-state index contributed by atoms with van der Waals surface area (Å²) in [5.74, 6) is 0. The molecule has 0 radical (unpaired) electrons. The van der Waals surface area contributed by atoms with E-state index in [2.05, 4.69) is 0 Å². The molecule has 0 spiro atoms. The summed E-state index contributed by atoms with van der Waals surface area (Å²) < 4.78 is 38.4. The minimum atomic E-state index is -4.36. The van der Waals surface area contributed by atoms with Gasteiger partial charge in [-0.15, -0.1) is 0 Å². The van der Waals surface area contributed by atoms with Gasteiger partial charge in [-0.05, 0) is 31.5 Å². The van der Waals surface area contributed by atoms with Crippen molar-refractivity contribution in [3.63, 3.8) is 0 Å². The van der Waals surface area contributed by atoms with E-state index in [1.165, 1.54) is 6.07 Å². The highest BCUT2D eigenvalue weighted by Gasteiger charge is 2.33. The monoisotopic (exact) mass is 246 g/mol. The summed E-state index contributed by atoms with van der Waals surface area (Å²) >= 11 is 0. The number of alkyl halides is 3. The topological polar surface area (TPSA) is 29.3 Å². The molecule has 0 amide bonds. The Kier molecular flexibility index (Phi) is 4.03. The minimum absolute atomic E-state index is 0.111. The molecule has 0 bridgehead atoms. The Morgan fingerprint density at radius 2 is 1.88 bits per heavy atom. The Bertz CT molecular complexity index is 386. The van der Waals surface area contributed by atoms with Gasteiger partial charge in [0.05, 0.1) is 5.56 Å². The number of hydrogen-bond acceptors (Lipinski definition) is 2. The van der Waals surface area contributed by atoms with Crippen LogP contribution in [0.15, 0.2) is 18.2 Å². The number of nitrogens with two attached hydrogens (primary N) is 1.